The van der Waals surface area contributed by atoms with Gasteiger partial charge in [0.05, 0.1) is 5.57 Å². The first-order valence-corrected chi connectivity index (χ1v) is 10.2. The molecule has 4 heteroatoms. The molecule has 0 N–H and O–H groups in total. The number of rotatable bonds is 7. The Labute approximate surface area is 177 Å². The van der Waals surface area contributed by atoms with Crippen molar-refractivity contribution in [3.63, 3.8) is 0 Å². The lowest BCUT2D eigenvalue weighted by Crippen LogP contribution is -2.36. The first kappa shape index (κ1) is 19.6. The van der Waals surface area contributed by atoms with Gasteiger partial charge in [-0.1, -0.05) is 78.9 Å². The van der Waals surface area contributed by atoms with Crippen LogP contribution in [0.3, 0.4) is 0 Å². The van der Waals surface area contributed by atoms with Crippen LogP contribution in [0.1, 0.15) is 18.1 Å². The van der Waals surface area contributed by atoms with Crippen molar-refractivity contribution in [1.82, 2.24) is 4.90 Å². The van der Waals surface area contributed by atoms with Crippen molar-refractivity contribution in [3.05, 3.63) is 108 Å². The van der Waals surface area contributed by atoms with Crippen molar-refractivity contribution in [2.45, 2.75) is 13.3 Å². The second kappa shape index (κ2) is 8.78. The molecular weight excluding hydrogens is 372 g/mol. The highest BCUT2D eigenvalue weighted by Gasteiger charge is 2.41. The Bertz CT molecular complexity index is 1060. The Balaban J connectivity index is 1.73. The summed E-state index contributed by atoms with van der Waals surface area (Å²) < 4.78 is 0. The first-order chi connectivity index (χ1) is 14.7. The molecule has 0 radical (unpaired) electrons. The number of imide groups is 1. The highest BCUT2D eigenvalue weighted by molar-refractivity contribution is 6.36. The van der Waals surface area contributed by atoms with Crippen molar-refractivity contribution in [2.75, 3.05) is 18.0 Å². The molecule has 0 atom stereocenters. The van der Waals surface area contributed by atoms with Crippen LogP contribution in [0.25, 0.3) is 5.57 Å². The molecule has 0 unspecified atom stereocenters. The van der Waals surface area contributed by atoms with Gasteiger partial charge in [0.25, 0.3) is 11.8 Å². The zero-order chi connectivity index (χ0) is 20.9. The predicted molar refractivity (Wildman–Crippen MR) is 120 cm³/mol. The van der Waals surface area contributed by atoms with E-state index in [0.717, 1.165) is 16.8 Å². The fraction of sp³-hybridized carbons (Fsp3) is 0.154. The van der Waals surface area contributed by atoms with Gasteiger partial charge in [-0.2, -0.15) is 0 Å². The van der Waals surface area contributed by atoms with E-state index >= 15 is 0 Å². The fourth-order valence-corrected chi connectivity index (χ4v) is 3.85. The molecule has 0 saturated carbocycles. The highest BCUT2D eigenvalue weighted by atomic mass is 16.2. The van der Waals surface area contributed by atoms with Gasteiger partial charge in [0.15, 0.2) is 0 Å². The molecule has 1 aliphatic rings. The molecule has 30 heavy (non-hydrogen) atoms. The van der Waals surface area contributed by atoms with Crippen LogP contribution in [0, 0.1) is 0 Å². The van der Waals surface area contributed by atoms with E-state index in [0.29, 0.717) is 30.8 Å². The Kier molecular flexibility index (Phi) is 5.75. The summed E-state index contributed by atoms with van der Waals surface area (Å²) >= 11 is 0. The highest BCUT2D eigenvalue weighted by Crippen LogP contribution is 2.34. The number of anilines is 1. The molecule has 1 aliphatic heterocycles. The summed E-state index contributed by atoms with van der Waals surface area (Å²) in [5, 5.41) is 0. The van der Waals surface area contributed by atoms with Crippen molar-refractivity contribution < 1.29 is 9.59 Å². The van der Waals surface area contributed by atoms with Crippen molar-refractivity contribution in [3.8, 4) is 0 Å². The van der Waals surface area contributed by atoms with E-state index in [1.807, 2.05) is 103 Å². The monoisotopic (exact) mass is 396 g/mol. The SMILES string of the molecule is CCN(C1=C(c2ccccc2)C(=O)N(CCc2ccccc2)C1=O)c1ccccc1. The van der Waals surface area contributed by atoms with Gasteiger partial charge in [0.1, 0.15) is 5.70 Å². The van der Waals surface area contributed by atoms with E-state index in [9.17, 15) is 9.59 Å². The standard InChI is InChI=1S/C26H24N2O2/c1-2-27(22-16-10-5-11-17-22)24-23(21-14-8-4-9-15-21)25(29)28(26(24)30)19-18-20-12-6-3-7-13-20/h3-17H,2,18-19H2,1H3. The Morgan fingerprint density at radius 3 is 1.90 bits per heavy atom. The van der Waals surface area contributed by atoms with Gasteiger partial charge in [0, 0.05) is 18.8 Å². The number of carbonyl (C=O) groups excluding carboxylic acids is 2. The van der Waals surface area contributed by atoms with E-state index in [2.05, 4.69) is 0 Å². The number of benzene rings is 3. The van der Waals surface area contributed by atoms with Gasteiger partial charge < -0.3 is 4.90 Å². The molecule has 150 valence electrons. The maximum atomic E-state index is 13.5. The normalized spacial score (nSPS) is 13.8. The maximum Gasteiger partial charge on any atom is 0.278 e. The molecule has 4 nitrogen and oxygen atoms in total. The molecule has 1 heterocycles. The first-order valence-electron chi connectivity index (χ1n) is 10.2. The predicted octanol–water partition coefficient (Wildman–Crippen LogP) is 4.54. The minimum absolute atomic E-state index is 0.230. The third-order valence-electron chi connectivity index (χ3n) is 5.33. The summed E-state index contributed by atoms with van der Waals surface area (Å²) in [6.45, 7) is 2.93. The summed E-state index contributed by atoms with van der Waals surface area (Å²) in [6.07, 6.45) is 0.630. The molecular formula is C26H24N2O2. The fourth-order valence-electron chi connectivity index (χ4n) is 3.85. The number of hydrogen-bond acceptors (Lipinski definition) is 3. The number of likely N-dealkylation sites (N-methyl/N-ethyl adjacent to an activating group) is 1. The van der Waals surface area contributed by atoms with Gasteiger partial charge in [-0.05, 0) is 36.6 Å². The van der Waals surface area contributed by atoms with E-state index in [1.54, 1.807) is 0 Å². The molecule has 2 amide bonds. The summed E-state index contributed by atoms with van der Waals surface area (Å²) in [5.41, 5.74) is 3.69. The lowest BCUT2D eigenvalue weighted by atomic mass is 10.0. The zero-order valence-corrected chi connectivity index (χ0v) is 17.0. The molecule has 0 aromatic heterocycles. The van der Waals surface area contributed by atoms with Crippen molar-refractivity contribution in [1.29, 1.82) is 0 Å². The maximum absolute atomic E-state index is 13.5. The van der Waals surface area contributed by atoms with Gasteiger partial charge in [-0.3, -0.25) is 14.5 Å². The second-order valence-electron chi connectivity index (χ2n) is 7.17. The summed E-state index contributed by atoms with van der Waals surface area (Å²) in [7, 11) is 0. The number of hydrogen-bond donors (Lipinski definition) is 0. The van der Waals surface area contributed by atoms with E-state index in [-0.39, 0.29) is 11.8 Å². The molecule has 0 aliphatic carbocycles. The van der Waals surface area contributed by atoms with Gasteiger partial charge in [-0.25, -0.2) is 0 Å². The van der Waals surface area contributed by atoms with Crippen LogP contribution in [0.15, 0.2) is 96.7 Å². The van der Waals surface area contributed by atoms with E-state index < -0.39 is 0 Å². The third-order valence-corrected chi connectivity index (χ3v) is 5.33. The Morgan fingerprint density at radius 1 is 0.733 bits per heavy atom. The van der Waals surface area contributed by atoms with Gasteiger partial charge in [-0.15, -0.1) is 0 Å². The third kappa shape index (κ3) is 3.77. The van der Waals surface area contributed by atoms with E-state index in [1.165, 1.54) is 4.90 Å². The Morgan fingerprint density at radius 2 is 1.30 bits per heavy atom. The van der Waals surface area contributed by atoms with Crippen LogP contribution in [0.2, 0.25) is 0 Å². The molecule has 0 fully saturated rings. The molecule has 4 rings (SSSR count). The van der Waals surface area contributed by atoms with Crippen LogP contribution in [0.5, 0.6) is 0 Å². The average Bonchev–Trinajstić information content (AvgIpc) is 3.04. The lowest BCUT2D eigenvalue weighted by Gasteiger charge is -2.25. The van der Waals surface area contributed by atoms with E-state index in [4.69, 9.17) is 0 Å². The molecule has 0 spiro atoms. The number of para-hydroxylation sites is 1. The van der Waals surface area contributed by atoms with Crippen LogP contribution in [-0.2, 0) is 16.0 Å². The number of carbonyl (C=O) groups is 2. The van der Waals surface area contributed by atoms with Gasteiger partial charge in [0.2, 0.25) is 0 Å². The quantitative estimate of drug-likeness (QED) is 0.551. The van der Waals surface area contributed by atoms with Crippen molar-refractivity contribution >= 4 is 23.1 Å². The molecule has 0 bridgehead atoms. The lowest BCUT2D eigenvalue weighted by molar-refractivity contribution is -0.136. The molecule has 3 aromatic carbocycles. The number of amides is 2. The Hall–Kier alpha value is -3.66. The van der Waals surface area contributed by atoms with Crippen molar-refractivity contribution in [2.24, 2.45) is 0 Å². The minimum atomic E-state index is -0.236. The average molecular weight is 396 g/mol. The number of nitrogens with zero attached hydrogens (tertiary/aromatic N) is 2. The topological polar surface area (TPSA) is 40.6 Å². The minimum Gasteiger partial charge on any atom is -0.337 e. The summed E-state index contributed by atoms with van der Waals surface area (Å²) in [6, 6.07) is 29.1. The zero-order valence-electron chi connectivity index (χ0n) is 17.0. The second-order valence-corrected chi connectivity index (χ2v) is 7.17. The van der Waals surface area contributed by atoms with Gasteiger partial charge >= 0.3 is 0 Å². The van der Waals surface area contributed by atoms with Crippen LogP contribution < -0.4 is 4.90 Å². The smallest absolute Gasteiger partial charge is 0.278 e. The summed E-state index contributed by atoms with van der Waals surface area (Å²) in [5.74, 6) is -0.466. The largest absolute Gasteiger partial charge is 0.337 e. The molecule has 3 aromatic rings. The van der Waals surface area contributed by atoms with Crippen LogP contribution in [-0.4, -0.2) is 29.8 Å². The van der Waals surface area contributed by atoms with Crippen LogP contribution in [0.4, 0.5) is 5.69 Å². The summed E-state index contributed by atoms with van der Waals surface area (Å²) in [4.78, 5) is 30.2. The van der Waals surface area contributed by atoms with Crippen LogP contribution >= 0.6 is 0 Å². The molecule has 0 saturated heterocycles.